The summed E-state index contributed by atoms with van der Waals surface area (Å²) in [5, 5.41) is 4.63. The Morgan fingerprint density at radius 1 is 0.344 bits per heavy atom. The molecule has 1 heterocycles. The average molecular weight is 816 g/mol. The van der Waals surface area contributed by atoms with E-state index in [0.29, 0.717) is 0 Å². The highest BCUT2D eigenvalue weighted by atomic mass is 16.3. The number of anilines is 3. The van der Waals surface area contributed by atoms with E-state index >= 15 is 0 Å². The SMILES string of the molecule is CC1(C)c2ccccc2-c2ccc(N(c3ccc4c(c3)C3(c5ccccc5-c5ccccc53)c3ccccc3-4)c3ccccc3-c3cccc4oc5cc6ccccc6cc5c34)cc21. The highest BCUT2D eigenvalue weighted by molar-refractivity contribution is 6.16. The van der Waals surface area contributed by atoms with Gasteiger partial charge in [0.15, 0.2) is 0 Å². The van der Waals surface area contributed by atoms with Gasteiger partial charge in [-0.2, -0.15) is 0 Å². The molecule has 0 saturated heterocycles. The number of hydrogen-bond acceptors (Lipinski definition) is 2. The van der Waals surface area contributed by atoms with Gasteiger partial charge in [0.2, 0.25) is 0 Å². The molecule has 11 aromatic rings. The zero-order valence-corrected chi connectivity index (χ0v) is 35.6. The number of fused-ring (bicyclic) bond motifs is 17. The summed E-state index contributed by atoms with van der Waals surface area (Å²) in [5.41, 5.74) is 22.7. The van der Waals surface area contributed by atoms with Gasteiger partial charge in [-0.05, 0) is 132 Å². The number of furan rings is 1. The lowest BCUT2D eigenvalue weighted by atomic mass is 9.70. The van der Waals surface area contributed by atoms with Crippen molar-refractivity contribution >= 4 is 49.8 Å². The zero-order valence-electron chi connectivity index (χ0n) is 35.6. The topological polar surface area (TPSA) is 16.4 Å². The van der Waals surface area contributed by atoms with Gasteiger partial charge in [-0.15, -0.1) is 0 Å². The molecule has 0 radical (unpaired) electrons. The van der Waals surface area contributed by atoms with E-state index in [-0.39, 0.29) is 5.41 Å². The van der Waals surface area contributed by atoms with Crippen LogP contribution in [0.5, 0.6) is 0 Å². The third-order valence-corrected chi connectivity index (χ3v) is 14.9. The van der Waals surface area contributed by atoms with Crippen LogP contribution in [0.3, 0.4) is 0 Å². The summed E-state index contributed by atoms with van der Waals surface area (Å²) < 4.78 is 6.67. The fraction of sp³-hybridized carbons (Fsp3) is 0.0645. The Morgan fingerprint density at radius 2 is 0.812 bits per heavy atom. The molecule has 0 bridgehead atoms. The Balaban J connectivity index is 1.05. The maximum atomic E-state index is 6.67. The minimum absolute atomic E-state index is 0.169. The third-order valence-electron chi connectivity index (χ3n) is 14.9. The fourth-order valence-corrected chi connectivity index (χ4v) is 12.1. The monoisotopic (exact) mass is 815 g/mol. The summed E-state index contributed by atoms with van der Waals surface area (Å²) in [4.78, 5) is 2.52. The quantitative estimate of drug-likeness (QED) is 0.176. The molecule has 3 aliphatic carbocycles. The molecule has 0 saturated carbocycles. The average Bonchev–Trinajstić information content (AvgIpc) is 4.03. The summed E-state index contributed by atoms with van der Waals surface area (Å²) in [6, 6.07) is 79.1. The molecule has 0 unspecified atom stereocenters. The molecular formula is C62H41NO. The van der Waals surface area contributed by atoms with Gasteiger partial charge in [-0.25, -0.2) is 0 Å². The lowest BCUT2D eigenvalue weighted by Crippen LogP contribution is -2.26. The number of benzene rings is 10. The normalized spacial score (nSPS) is 14.3. The molecule has 2 heteroatoms. The first-order valence-electron chi connectivity index (χ1n) is 22.4. The number of hydrogen-bond donors (Lipinski definition) is 0. The van der Waals surface area contributed by atoms with E-state index in [0.717, 1.165) is 50.1 Å². The Bertz CT molecular complexity index is 3730. The van der Waals surface area contributed by atoms with Crippen LogP contribution >= 0.6 is 0 Å². The molecule has 64 heavy (non-hydrogen) atoms. The smallest absolute Gasteiger partial charge is 0.136 e. The lowest BCUT2D eigenvalue weighted by molar-refractivity contribution is 0.660. The van der Waals surface area contributed by atoms with Crippen LogP contribution in [0.4, 0.5) is 17.1 Å². The van der Waals surface area contributed by atoms with Crippen LogP contribution in [0, 0.1) is 0 Å². The van der Waals surface area contributed by atoms with Gasteiger partial charge in [0.25, 0.3) is 0 Å². The van der Waals surface area contributed by atoms with Crippen molar-refractivity contribution in [2.75, 3.05) is 4.90 Å². The molecule has 0 aliphatic heterocycles. The first-order valence-corrected chi connectivity index (χ1v) is 22.4. The summed E-state index contributed by atoms with van der Waals surface area (Å²) >= 11 is 0. The molecule has 0 N–H and O–H groups in total. The second-order valence-corrected chi connectivity index (χ2v) is 18.3. The summed E-state index contributed by atoms with van der Waals surface area (Å²) in [5.74, 6) is 0. The van der Waals surface area contributed by atoms with Gasteiger partial charge in [0.05, 0.1) is 11.1 Å². The maximum absolute atomic E-state index is 6.67. The summed E-state index contributed by atoms with van der Waals surface area (Å²) in [7, 11) is 0. The zero-order chi connectivity index (χ0) is 42.3. The standard InChI is InChI=1S/C62H41NO/c1-61(2)51-24-10-5-18-42(51)46-32-30-40(36-55(46)61)63(57-28-14-9-22-48(57)49-23-15-29-58-60(49)50-34-38-16-3-4-17-39(38)35-59(50)64-58)41-31-33-47-45-21-8-13-27-54(45)62(56(47)37-41)52-25-11-6-19-43(52)44-20-7-12-26-53(44)62/h3-37H,1-2H3. The van der Waals surface area contributed by atoms with Crippen LogP contribution in [-0.4, -0.2) is 0 Å². The molecule has 1 spiro atoms. The van der Waals surface area contributed by atoms with E-state index in [1.165, 1.54) is 77.5 Å². The Labute approximate surface area is 372 Å². The van der Waals surface area contributed by atoms with Crippen molar-refractivity contribution in [3.8, 4) is 44.5 Å². The Morgan fingerprint density at radius 3 is 1.45 bits per heavy atom. The van der Waals surface area contributed by atoms with Crippen LogP contribution < -0.4 is 4.90 Å². The first-order chi connectivity index (χ1) is 31.5. The van der Waals surface area contributed by atoms with E-state index in [9.17, 15) is 0 Å². The molecule has 14 rings (SSSR count). The van der Waals surface area contributed by atoms with Gasteiger partial charge < -0.3 is 9.32 Å². The largest absolute Gasteiger partial charge is 0.456 e. The molecule has 2 nitrogen and oxygen atoms in total. The van der Waals surface area contributed by atoms with E-state index < -0.39 is 5.41 Å². The predicted octanol–water partition coefficient (Wildman–Crippen LogP) is 16.5. The van der Waals surface area contributed by atoms with E-state index in [1.807, 2.05) is 0 Å². The van der Waals surface area contributed by atoms with Crippen LogP contribution in [0.1, 0.15) is 47.2 Å². The molecule has 10 aromatic carbocycles. The highest BCUT2D eigenvalue weighted by Gasteiger charge is 2.51. The second-order valence-electron chi connectivity index (χ2n) is 18.3. The van der Waals surface area contributed by atoms with Crippen LogP contribution in [0.25, 0.3) is 77.2 Å². The molecule has 0 atom stereocenters. The molecule has 0 amide bonds. The summed E-state index contributed by atoms with van der Waals surface area (Å²) in [6.45, 7) is 4.75. The van der Waals surface area contributed by atoms with E-state index in [2.05, 4.69) is 231 Å². The van der Waals surface area contributed by atoms with Gasteiger partial charge in [-0.1, -0.05) is 178 Å². The van der Waals surface area contributed by atoms with E-state index in [4.69, 9.17) is 4.42 Å². The van der Waals surface area contributed by atoms with Crippen molar-refractivity contribution in [1.29, 1.82) is 0 Å². The van der Waals surface area contributed by atoms with Crippen LogP contribution in [-0.2, 0) is 10.8 Å². The minimum Gasteiger partial charge on any atom is -0.456 e. The Kier molecular flexibility index (Phi) is 7.13. The Hall–Kier alpha value is -7.94. The molecule has 1 aromatic heterocycles. The fourth-order valence-electron chi connectivity index (χ4n) is 12.1. The second kappa shape index (κ2) is 12.8. The number of nitrogens with zero attached hydrogens (tertiary/aromatic N) is 1. The molecule has 300 valence electrons. The van der Waals surface area contributed by atoms with Crippen LogP contribution in [0.2, 0.25) is 0 Å². The maximum Gasteiger partial charge on any atom is 0.136 e. The molecular weight excluding hydrogens is 775 g/mol. The van der Waals surface area contributed by atoms with Crippen molar-refractivity contribution in [3.05, 3.63) is 246 Å². The third kappa shape index (κ3) is 4.59. The van der Waals surface area contributed by atoms with Crippen molar-refractivity contribution in [3.63, 3.8) is 0 Å². The number of rotatable bonds is 4. The van der Waals surface area contributed by atoms with Crippen molar-refractivity contribution < 1.29 is 4.42 Å². The van der Waals surface area contributed by atoms with Gasteiger partial charge in [0, 0.05) is 33.1 Å². The van der Waals surface area contributed by atoms with Crippen molar-refractivity contribution in [1.82, 2.24) is 0 Å². The van der Waals surface area contributed by atoms with Gasteiger partial charge in [-0.3, -0.25) is 0 Å². The van der Waals surface area contributed by atoms with Gasteiger partial charge in [0.1, 0.15) is 11.2 Å². The lowest BCUT2D eigenvalue weighted by Gasteiger charge is -2.33. The van der Waals surface area contributed by atoms with Crippen LogP contribution in [0.15, 0.2) is 217 Å². The summed E-state index contributed by atoms with van der Waals surface area (Å²) in [6.07, 6.45) is 0. The van der Waals surface area contributed by atoms with Crippen molar-refractivity contribution in [2.24, 2.45) is 0 Å². The molecule has 3 aliphatic rings. The van der Waals surface area contributed by atoms with Crippen molar-refractivity contribution in [2.45, 2.75) is 24.7 Å². The minimum atomic E-state index is -0.466. The number of para-hydroxylation sites is 1. The molecule has 0 fully saturated rings. The first kappa shape index (κ1) is 35.6. The van der Waals surface area contributed by atoms with E-state index in [1.54, 1.807) is 0 Å². The highest BCUT2D eigenvalue weighted by Crippen LogP contribution is 2.63. The predicted molar refractivity (Wildman–Crippen MR) is 265 cm³/mol. The van der Waals surface area contributed by atoms with Gasteiger partial charge >= 0.3 is 0 Å².